The first kappa shape index (κ1) is 21.0. The fourth-order valence-corrected chi connectivity index (χ4v) is 6.45. The molecule has 0 aromatic heterocycles. The van der Waals surface area contributed by atoms with E-state index in [0.717, 1.165) is 28.0 Å². The molecule has 0 N–H and O–H groups in total. The van der Waals surface area contributed by atoms with Gasteiger partial charge in [0.25, 0.3) is 0 Å². The van der Waals surface area contributed by atoms with Gasteiger partial charge in [-0.25, -0.2) is 0 Å². The molecular formula is C29H28N2O3. The Morgan fingerprint density at radius 2 is 1.68 bits per heavy atom. The highest BCUT2D eigenvalue weighted by Gasteiger charge is 2.66. The van der Waals surface area contributed by atoms with Gasteiger partial charge in [-0.15, -0.1) is 0 Å². The van der Waals surface area contributed by atoms with Crippen molar-refractivity contribution >= 4 is 11.8 Å². The highest BCUT2D eigenvalue weighted by molar-refractivity contribution is 6.00. The minimum absolute atomic E-state index is 0.000758. The molecule has 3 heterocycles. The van der Waals surface area contributed by atoms with Gasteiger partial charge >= 0.3 is 0 Å². The predicted octanol–water partition coefficient (Wildman–Crippen LogP) is 4.47. The van der Waals surface area contributed by atoms with Gasteiger partial charge in [0.05, 0.1) is 12.6 Å². The van der Waals surface area contributed by atoms with E-state index in [-0.39, 0.29) is 36.2 Å². The third-order valence-corrected chi connectivity index (χ3v) is 7.82. The third kappa shape index (κ3) is 2.99. The summed E-state index contributed by atoms with van der Waals surface area (Å²) in [6.45, 7) is 5.02. The van der Waals surface area contributed by atoms with E-state index in [1.165, 1.54) is 0 Å². The summed E-state index contributed by atoms with van der Waals surface area (Å²) in [7, 11) is 0. The highest BCUT2D eigenvalue weighted by atomic mass is 16.5. The number of amides is 2. The van der Waals surface area contributed by atoms with Gasteiger partial charge in [-0.1, -0.05) is 78.4 Å². The van der Waals surface area contributed by atoms with Crippen molar-refractivity contribution in [3.8, 4) is 5.75 Å². The van der Waals surface area contributed by atoms with Crippen molar-refractivity contribution in [3.05, 3.63) is 101 Å². The summed E-state index contributed by atoms with van der Waals surface area (Å²) in [4.78, 5) is 31.8. The zero-order valence-corrected chi connectivity index (χ0v) is 19.5. The second-order valence-corrected chi connectivity index (χ2v) is 9.91. The van der Waals surface area contributed by atoms with Crippen LogP contribution in [0.15, 0.2) is 78.9 Å². The average Bonchev–Trinajstić information content (AvgIpc) is 3.14. The lowest BCUT2D eigenvalue weighted by atomic mass is 9.73. The summed E-state index contributed by atoms with van der Waals surface area (Å²) >= 11 is 0. The monoisotopic (exact) mass is 452 g/mol. The van der Waals surface area contributed by atoms with Gasteiger partial charge in [0.1, 0.15) is 17.8 Å². The van der Waals surface area contributed by atoms with E-state index in [1.54, 1.807) is 4.90 Å². The summed E-state index contributed by atoms with van der Waals surface area (Å²) in [5.74, 6) is 0.651. The fraction of sp³-hybridized carbons (Fsp3) is 0.310. The van der Waals surface area contributed by atoms with Crippen LogP contribution in [0.5, 0.6) is 5.75 Å². The maximum Gasteiger partial charge on any atom is 0.249 e. The Morgan fingerprint density at radius 1 is 0.971 bits per heavy atom. The average molecular weight is 453 g/mol. The fourth-order valence-electron chi connectivity index (χ4n) is 6.45. The molecule has 0 aliphatic carbocycles. The molecule has 0 spiro atoms. The van der Waals surface area contributed by atoms with Gasteiger partial charge in [0.2, 0.25) is 11.8 Å². The normalized spacial score (nSPS) is 27.6. The molecule has 0 radical (unpaired) electrons. The molecule has 0 saturated carbocycles. The first-order valence-electron chi connectivity index (χ1n) is 11.9. The number of piperazine rings is 1. The summed E-state index contributed by atoms with van der Waals surface area (Å²) in [6, 6.07) is 26.0. The van der Waals surface area contributed by atoms with Crippen molar-refractivity contribution in [3.63, 3.8) is 0 Å². The van der Waals surface area contributed by atoms with Crippen LogP contribution in [0.3, 0.4) is 0 Å². The van der Waals surface area contributed by atoms with E-state index in [2.05, 4.69) is 25.1 Å². The van der Waals surface area contributed by atoms with Crippen molar-refractivity contribution in [2.45, 2.75) is 37.9 Å². The van der Waals surface area contributed by atoms with Crippen LogP contribution < -0.4 is 4.74 Å². The summed E-state index contributed by atoms with van der Waals surface area (Å²) in [6.07, 6.45) is 0. The van der Waals surface area contributed by atoms with Crippen LogP contribution in [-0.2, 0) is 16.1 Å². The molecule has 6 rings (SSSR count). The van der Waals surface area contributed by atoms with E-state index in [0.29, 0.717) is 13.2 Å². The van der Waals surface area contributed by atoms with Crippen LogP contribution in [0.1, 0.15) is 41.1 Å². The van der Waals surface area contributed by atoms with Crippen LogP contribution in [0, 0.1) is 12.8 Å². The minimum atomic E-state index is -0.991. The molecular weight excluding hydrogens is 424 g/mol. The molecule has 2 saturated heterocycles. The first-order chi connectivity index (χ1) is 16.5. The number of nitrogens with zero attached hydrogens (tertiary/aromatic N) is 2. The number of rotatable bonds is 3. The van der Waals surface area contributed by atoms with Crippen molar-refractivity contribution in [1.82, 2.24) is 9.80 Å². The molecule has 0 unspecified atom stereocenters. The second kappa shape index (κ2) is 7.73. The summed E-state index contributed by atoms with van der Waals surface area (Å²) in [5, 5.41) is 0. The third-order valence-electron chi connectivity index (χ3n) is 7.82. The molecule has 34 heavy (non-hydrogen) atoms. The molecule has 3 aliphatic heterocycles. The van der Waals surface area contributed by atoms with Crippen LogP contribution in [-0.4, -0.2) is 40.3 Å². The SMILES string of the molecule is Cc1ccc2c(c1)[C@H]1[C@H](CO2)[C@H](c2ccccc2)[C@]2(C)C(=O)N(Cc3ccccc3)CC(=O)N12. The lowest BCUT2D eigenvalue weighted by molar-refractivity contribution is -0.164. The van der Waals surface area contributed by atoms with Crippen molar-refractivity contribution < 1.29 is 14.3 Å². The van der Waals surface area contributed by atoms with E-state index in [1.807, 2.05) is 72.5 Å². The molecule has 5 nitrogen and oxygen atoms in total. The molecule has 0 bridgehead atoms. The van der Waals surface area contributed by atoms with Gasteiger partial charge in [-0.3, -0.25) is 9.59 Å². The molecule has 3 aliphatic rings. The van der Waals surface area contributed by atoms with Crippen molar-refractivity contribution in [2.24, 2.45) is 5.92 Å². The maximum absolute atomic E-state index is 14.3. The molecule has 172 valence electrons. The number of benzene rings is 3. The van der Waals surface area contributed by atoms with Gasteiger partial charge in [-0.05, 0) is 31.0 Å². The molecule has 2 amide bonds. The Balaban J connectivity index is 1.50. The van der Waals surface area contributed by atoms with Crippen LogP contribution in [0.2, 0.25) is 0 Å². The zero-order chi connectivity index (χ0) is 23.4. The first-order valence-corrected chi connectivity index (χ1v) is 11.9. The lowest BCUT2D eigenvalue weighted by Gasteiger charge is -2.47. The van der Waals surface area contributed by atoms with Gasteiger partial charge in [0, 0.05) is 23.9 Å². The number of hydrogen-bond donors (Lipinski definition) is 0. The maximum atomic E-state index is 14.3. The number of carbonyl (C=O) groups is 2. The van der Waals surface area contributed by atoms with Crippen LogP contribution >= 0.6 is 0 Å². The van der Waals surface area contributed by atoms with Gasteiger partial charge in [0.15, 0.2) is 0 Å². The van der Waals surface area contributed by atoms with E-state index in [9.17, 15) is 9.59 Å². The smallest absolute Gasteiger partial charge is 0.249 e. The quantitative estimate of drug-likeness (QED) is 0.589. The number of carbonyl (C=O) groups excluding carboxylic acids is 2. The van der Waals surface area contributed by atoms with Gasteiger partial charge in [-0.2, -0.15) is 0 Å². The Bertz CT molecular complexity index is 1260. The van der Waals surface area contributed by atoms with Gasteiger partial charge < -0.3 is 14.5 Å². The molecule has 3 aromatic rings. The topological polar surface area (TPSA) is 49.9 Å². The number of fused-ring (bicyclic) bond motifs is 5. The van der Waals surface area contributed by atoms with Crippen LogP contribution in [0.4, 0.5) is 0 Å². The Labute approximate surface area is 199 Å². The largest absolute Gasteiger partial charge is 0.493 e. The van der Waals surface area contributed by atoms with Crippen molar-refractivity contribution in [1.29, 1.82) is 0 Å². The lowest BCUT2D eigenvalue weighted by Crippen LogP contribution is -2.65. The molecule has 5 heteroatoms. The highest BCUT2D eigenvalue weighted by Crippen LogP contribution is 2.59. The van der Waals surface area contributed by atoms with E-state index in [4.69, 9.17) is 4.74 Å². The Hall–Kier alpha value is -3.60. The number of ether oxygens (including phenoxy) is 1. The second-order valence-electron chi connectivity index (χ2n) is 9.91. The van der Waals surface area contributed by atoms with E-state index >= 15 is 0 Å². The Kier molecular flexibility index (Phi) is 4.76. The van der Waals surface area contributed by atoms with E-state index < -0.39 is 5.54 Å². The number of hydrogen-bond acceptors (Lipinski definition) is 3. The Morgan fingerprint density at radius 3 is 2.41 bits per heavy atom. The minimum Gasteiger partial charge on any atom is -0.493 e. The number of aryl methyl sites for hydroxylation is 1. The summed E-state index contributed by atoms with van der Waals surface area (Å²) < 4.78 is 6.23. The predicted molar refractivity (Wildman–Crippen MR) is 129 cm³/mol. The standard InChI is InChI=1S/C29H28N2O3/c1-19-13-14-24-22(15-19)27-23(18-34-24)26(21-11-7-4-8-12-21)29(2)28(33)30(17-25(32)31(27)29)16-20-9-5-3-6-10-20/h3-15,23,26-27H,16-18H2,1-2H3/t23-,26+,27+,29-/m1/s1. The molecule has 3 aromatic carbocycles. The summed E-state index contributed by atoms with van der Waals surface area (Å²) in [5.41, 5.74) is 3.24. The zero-order valence-electron chi connectivity index (χ0n) is 19.5. The molecule has 4 atom stereocenters. The van der Waals surface area contributed by atoms with Crippen molar-refractivity contribution in [2.75, 3.05) is 13.2 Å². The van der Waals surface area contributed by atoms with Crippen LogP contribution in [0.25, 0.3) is 0 Å². The molecule has 2 fully saturated rings.